The molecule has 0 aliphatic carbocycles. The third-order valence-electron chi connectivity index (χ3n) is 4.78. The van der Waals surface area contributed by atoms with Gasteiger partial charge in [0.15, 0.2) is 24.7 Å². The highest BCUT2D eigenvalue weighted by atomic mass is 35.6. The summed E-state index contributed by atoms with van der Waals surface area (Å²) < 4.78 is 31.0. The quantitative estimate of drug-likeness (QED) is 0.331. The minimum atomic E-state index is -2.34. The number of nitrogens with one attached hydrogen (secondary N) is 1. The number of carbonyl (C=O) groups is 3. The number of amides is 1. The molecule has 1 N–H and O–H groups in total. The second-order valence-corrected chi connectivity index (χ2v) is 9.53. The SMILES string of the molecule is C=CCOC(=O)O[C@H]1[C@H]2O[C@H](c3ccccc3)OC[C@@H]2O[C@@H](NC(=O)C(Cl)(Cl)Cl)[C@H]1OC(C)=O. The van der Waals surface area contributed by atoms with Gasteiger partial charge in [-0.2, -0.15) is 0 Å². The lowest BCUT2D eigenvalue weighted by atomic mass is 9.96. The monoisotopic (exact) mass is 537 g/mol. The van der Waals surface area contributed by atoms with Crippen LogP contribution in [0.4, 0.5) is 4.79 Å². The molecular formula is C21H22Cl3NO9. The number of ether oxygens (including phenoxy) is 6. The van der Waals surface area contributed by atoms with Crippen molar-refractivity contribution in [3.63, 3.8) is 0 Å². The summed E-state index contributed by atoms with van der Waals surface area (Å²) in [4.78, 5) is 36.5. The lowest BCUT2D eigenvalue weighted by Gasteiger charge is -2.48. The van der Waals surface area contributed by atoms with Gasteiger partial charge in [-0.1, -0.05) is 77.8 Å². The zero-order chi connectivity index (χ0) is 24.9. The fourth-order valence-corrected chi connectivity index (χ4v) is 3.58. The van der Waals surface area contributed by atoms with Crippen LogP contribution in [-0.4, -0.2) is 65.7 Å². The summed E-state index contributed by atoms with van der Waals surface area (Å²) in [6.07, 6.45) is -6.42. The van der Waals surface area contributed by atoms with E-state index in [1.165, 1.54) is 6.08 Å². The third kappa shape index (κ3) is 6.74. The Morgan fingerprint density at radius 3 is 2.47 bits per heavy atom. The Balaban J connectivity index is 1.91. The van der Waals surface area contributed by atoms with Crippen molar-refractivity contribution in [1.82, 2.24) is 5.32 Å². The van der Waals surface area contributed by atoms with Crippen LogP contribution in [0.5, 0.6) is 0 Å². The maximum Gasteiger partial charge on any atom is 0.509 e. The molecule has 2 aliphatic heterocycles. The van der Waals surface area contributed by atoms with Gasteiger partial charge in [-0.05, 0) is 0 Å². The Morgan fingerprint density at radius 2 is 1.85 bits per heavy atom. The van der Waals surface area contributed by atoms with Crippen LogP contribution in [0.3, 0.4) is 0 Å². The fourth-order valence-electron chi connectivity index (χ4n) is 3.42. The van der Waals surface area contributed by atoms with Gasteiger partial charge in [-0.3, -0.25) is 9.59 Å². The molecule has 0 spiro atoms. The number of alkyl halides is 3. The van der Waals surface area contributed by atoms with E-state index in [2.05, 4.69) is 11.9 Å². The van der Waals surface area contributed by atoms with Gasteiger partial charge in [0, 0.05) is 12.5 Å². The van der Waals surface area contributed by atoms with E-state index in [4.69, 9.17) is 63.2 Å². The summed E-state index contributed by atoms with van der Waals surface area (Å²) in [6, 6.07) is 9.01. The summed E-state index contributed by atoms with van der Waals surface area (Å²) in [5.41, 5.74) is 0.699. The van der Waals surface area contributed by atoms with Crippen molar-refractivity contribution in [3.8, 4) is 0 Å². The predicted octanol–water partition coefficient (Wildman–Crippen LogP) is 2.95. The number of esters is 1. The fraction of sp³-hybridized carbons (Fsp3) is 0.476. The van der Waals surface area contributed by atoms with E-state index in [1.54, 1.807) is 24.3 Å². The Kier molecular flexibility index (Phi) is 9.02. The average Bonchev–Trinajstić information content (AvgIpc) is 2.79. The standard InChI is InChI=1S/C21H22Cl3NO9/c1-3-9-29-20(28)34-15-14-13(10-30-18(33-14)12-7-5-4-6-8-12)32-17(16(15)31-11(2)26)25-19(27)21(22,23)24/h3-8,13-18H,1,9-10H2,2H3,(H,25,27)/t13-,14-,15-,16-,17+,18+/m0/s1. The molecule has 1 amide bonds. The largest absolute Gasteiger partial charge is 0.509 e. The van der Waals surface area contributed by atoms with Gasteiger partial charge in [0.2, 0.25) is 0 Å². The average molecular weight is 539 g/mol. The predicted molar refractivity (Wildman–Crippen MR) is 119 cm³/mol. The van der Waals surface area contributed by atoms with E-state index in [-0.39, 0.29) is 13.2 Å². The highest BCUT2D eigenvalue weighted by Crippen LogP contribution is 2.36. The molecule has 0 aromatic heterocycles. The van der Waals surface area contributed by atoms with Crippen LogP contribution in [0.15, 0.2) is 43.0 Å². The molecule has 6 atom stereocenters. The van der Waals surface area contributed by atoms with E-state index in [0.717, 1.165) is 6.92 Å². The smallest absolute Gasteiger partial charge is 0.454 e. The Hall–Kier alpha value is -2.08. The van der Waals surface area contributed by atoms with Crippen LogP contribution >= 0.6 is 34.8 Å². The Labute approximate surface area is 210 Å². The first-order valence-electron chi connectivity index (χ1n) is 10.1. The van der Waals surface area contributed by atoms with Crippen molar-refractivity contribution in [1.29, 1.82) is 0 Å². The molecule has 2 fully saturated rings. The van der Waals surface area contributed by atoms with E-state index in [9.17, 15) is 14.4 Å². The first kappa shape index (κ1) is 26.5. The molecule has 34 heavy (non-hydrogen) atoms. The lowest BCUT2D eigenvalue weighted by Crippen LogP contribution is -2.67. The van der Waals surface area contributed by atoms with Crippen molar-refractivity contribution in [2.24, 2.45) is 0 Å². The summed E-state index contributed by atoms with van der Waals surface area (Å²) >= 11 is 16.9. The van der Waals surface area contributed by atoms with Crippen molar-refractivity contribution >= 4 is 52.8 Å². The van der Waals surface area contributed by atoms with Crippen LogP contribution < -0.4 is 5.32 Å². The number of halogens is 3. The molecule has 10 nitrogen and oxygen atoms in total. The molecule has 1 aromatic carbocycles. The van der Waals surface area contributed by atoms with E-state index in [0.29, 0.717) is 5.56 Å². The molecule has 2 saturated heterocycles. The second-order valence-electron chi connectivity index (χ2n) is 7.25. The van der Waals surface area contributed by atoms with Crippen LogP contribution in [0, 0.1) is 0 Å². The first-order valence-corrected chi connectivity index (χ1v) is 11.2. The molecular weight excluding hydrogens is 517 g/mol. The third-order valence-corrected chi connectivity index (χ3v) is 5.30. The number of benzene rings is 1. The minimum Gasteiger partial charge on any atom is -0.454 e. The highest BCUT2D eigenvalue weighted by Gasteiger charge is 2.55. The number of hydrogen-bond acceptors (Lipinski definition) is 9. The molecule has 2 aliphatic rings. The zero-order valence-electron chi connectivity index (χ0n) is 17.9. The molecule has 3 rings (SSSR count). The summed E-state index contributed by atoms with van der Waals surface area (Å²) in [5, 5.41) is 2.34. The van der Waals surface area contributed by atoms with Crippen LogP contribution in [0.1, 0.15) is 18.8 Å². The maximum atomic E-state index is 12.3. The number of rotatable bonds is 6. The van der Waals surface area contributed by atoms with E-state index >= 15 is 0 Å². The zero-order valence-corrected chi connectivity index (χ0v) is 20.1. The Morgan fingerprint density at radius 1 is 1.15 bits per heavy atom. The molecule has 0 unspecified atom stereocenters. The van der Waals surface area contributed by atoms with Gasteiger partial charge in [0.25, 0.3) is 9.70 Å². The van der Waals surface area contributed by atoms with Gasteiger partial charge in [-0.15, -0.1) is 0 Å². The number of fused-ring (bicyclic) bond motifs is 1. The maximum absolute atomic E-state index is 12.3. The summed E-state index contributed by atoms with van der Waals surface area (Å²) in [6.45, 7) is 4.45. The van der Waals surface area contributed by atoms with Crippen molar-refractivity contribution in [2.45, 2.75) is 47.7 Å². The normalized spacial score (nSPS) is 28.7. The van der Waals surface area contributed by atoms with E-state index in [1.807, 2.05) is 6.07 Å². The van der Waals surface area contributed by atoms with Crippen molar-refractivity contribution in [3.05, 3.63) is 48.6 Å². The van der Waals surface area contributed by atoms with Gasteiger partial charge in [0.1, 0.15) is 18.8 Å². The second kappa shape index (κ2) is 11.6. The molecule has 0 radical (unpaired) electrons. The van der Waals surface area contributed by atoms with Gasteiger partial charge < -0.3 is 33.7 Å². The van der Waals surface area contributed by atoms with Crippen LogP contribution in [0.25, 0.3) is 0 Å². The molecule has 0 saturated carbocycles. The molecule has 13 heteroatoms. The minimum absolute atomic E-state index is 0.0152. The van der Waals surface area contributed by atoms with E-state index < -0.39 is 58.8 Å². The summed E-state index contributed by atoms with van der Waals surface area (Å²) in [5.74, 6) is -1.80. The van der Waals surface area contributed by atoms with Gasteiger partial charge in [-0.25, -0.2) is 4.79 Å². The molecule has 1 aromatic rings. The molecule has 2 heterocycles. The highest BCUT2D eigenvalue weighted by molar-refractivity contribution is 6.76. The van der Waals surface area contributed by atoms with Crippen LogP contribution in [0.2, 0.25) is 0 Å². The Bertz CT molecular complexity index is 895. The van der Waals surface area contributed by atoms with Crippen molar-refractivity contribution < 1.29 is 42.8 Å². The molecule has 186 valence electrons. The topological polar surface area (TPSA) is 119 Å². The molecule has 0 bridgehead atoms. The van der Waals surface area contributed by atoms with Crippen molar-refractivity contribution in [2.75, 3.05) is 13.2 Å². The number of hydrogen-bond donors (Lipinski definition) is 1. The van der Waals surface area contributed by atoms with Crippen LogP contribution in [-0.2, 0) is 38.0 Å². The number of carbonyl (C=O) groups excluding carboxylic acids is 3. The lowest BCUT2D eigenvalue weighted by molar-refractivity contribution is -0.331. The van der Waals surface area contributed by atoms with Gasteiger partial charge >= 0.3 is 12.1 Å². The van der Waals surface area contributed by atoms with Gasteiger partial charge in [0.05, 0.1) is 6.61 Å². The first-order chi connectivity index (χ1) is 16.1. The summed E-state index contributed by atoms with van der Waals surface area (Å²) in [7, 11) is 0.